The van der Waals surface area contributed by atoms with E-state index >= 15 is 4.39 Å². The Morgan fingerprint density at radius 2 is 1.57 bits per heavy atom. The summed E-state index contributed by atoms with van der Waals surface area (Å²) in [4.78, 5) is 50.7. The molecule has 0 aliphatic heterocycles. The third-order valence-corrected chi connectivity index (χ3v) is 10.5. The zero-order chi connectivity index (χ0) is 41.8. The van der Waals surface area contributed by atoms with E-state index in [0.29, 0.717) is 11.8 Å². The quantitative estimate of drug-likeness (QED) is 0.0931. The number of rotatable bonds is 19. The topological polar surface area (TPSA) is 175 Å². The molecule has 56 heavy (non-hydrogen) atoms. The molecule has 0 radical (unpaired) electrons. The van der Waals surface area contributed by atoms with Gasteiger partial charge < -0.3 is 25.3 Å². The fourth-order valence-electron chi connectivity index (χ4n) is 5.93. The van der Waals surface area contributed by atoms with Crippen molar-refractivity contribution >= 4 is 34.0 Å². The summed E-state index contributed by atoms with van der Waals surface area (Å²) in [6.45, 7) is 13.1. The first-order valence-corrected chi connectivity index (χ1v) is 20.0. The number of carbonyl (C=O) groups excluding carboxylic acids is 3. The highest BCUT2D eigenvalue weighted by atomic mass is 32.2. The van der Waals surface area contributed by atoms with E-state index in [1.165, 1.54) is 40.7 Å². The van der Waals surface area contributed by atoms with Gasteiger partial charge in [-0.3, -0.25) is 9.69 Å². The van der Waals surface area contributed by atoms with Crippen molar-refractivity contribution in [1.29, 1.82) is 0 Å². The Hall–Kier alpha value is -4.73. The SMILES string of the molecule is CC(C)CN(C[C@@H](O)[C@H](Cc1ccccc1)NC(=O)[C@H](Nc1c(F)cccc1CN(CC=O)C(=O)OC(C)(C)C)C(C)(C)C)S(=O)(=O)c1ccc(CN=O)cc1. The lowest BCUT2D eigenvalue weighted by atomic mass is 9.85. The van der Waals surface area contributed by atoms with Gasteiger partial charge in [-0.2, -0.15) is 9.21 Å². The van der Waals surface area contributed by atoms with E-state index < -0.39 is 57.0 Å². The van der Waals surface area contributed by atoms with Gasteiger partial charge in [0.15, 0.2) is 0 Å². The minimum absolute atomic E-state index is 0.0280. The first kappa shape index (κ1) is 45.7. The molecule has 0 heterocycles. The van der Waals surface area contributed by atoms with Crippen molar-refractivity contribution in [3.8, 4) is 0 Å². The molecule has 0 aliphatic rings. The van der Waals surface area contributed by atoms with Gasteiger partial charge in [-0.1, -0.05) is 94.4 Å². The second-order valence-electron chi connectivity index (χ2n) is 16.3. The number of aliphatic hydroxyl groups excluding tert-OH is 1. The Morgan fingerprint density at radius 1 is 0.929 bits per heavy atom. The molecule has 3 N–H and O–H groups in total. The maximum absolute atomic E-state index is 15.7. The van der Waals surface area contributed by atoms with Gasteiger partial charge in [0.2, 0.25) is 15.9 Å². The van der Waals surface area contributed by atoms with Crippen LogP contribution in [0.5, 0.6) is 0 Å². The van der Waals surface area contributed by atoms with Gasteiger partial charge in [-0.15, -0.1) is 0 Å². The summed E-state index contributed by atoms with van der Waals surface area (Å²) >= 11 is 0. The minimum Gasteiger partial charge on any atom is -0.444 e. The Morgan fingerprint density at radius 3 is 2.12 bits per heavy atom. The zero-order valence-corrected chi connectivity index (χ0v) is 34.3. The highest BCUT2D eigenvalue weighted by molar-refractivity contribution is 7.89. The van der Waals surface area contributed by atoms with Gasteiger partial charge in [0.1, 0.15) is 30.3 Å². The largest absolute Gasteiger partial charge is 0.444 e. The number of carbonyl (C=O) groups is 3. The second kappa shape index (κ2) is 19.9. The lowest BCUT2D eigenvalue weighted by Gasteiger charge is -2.35. The van der Waals surface area contributed by atoms with Crippen LogP contribution in [0.2, 0.25) is 0 Å². The summed E-state index contributed by atoms with van der Waals surface area (Å²) in [5, 5.41) is 20.7. The van der Waals surface area contributed by atoms with Crippen LogP contribution in [0.15, 0.2) is 82.9 Å². The van der Waals surface area contributed by atoms with Gasteiger partial charge in [-0.25, -0.2) is 17.6 Å². The van der Waals surface area contributed by atoms with Crippen molar-refractivity contribution in [3.63, 3.8) is 0 Å². The van der Waals surface area contributed by atoms with E-state index in [2.05, 4.69) is 15.8 Å². The number of para-hydroxylation sites is 1. The summed E-state index contributed by atoms with van der Waals surface area (Å²) in [6.07, 6.45) is -1.50. The molecule has 3 rings (SSSR count). The molecule has 0 bridgehead atoms. The predicted octanol–water partition coefficient (Wildman–Crippen LogP) is 6.29. The molecule has 3 atom stereocenters. The summed E-state index contributed by atoms with van der Waals surface area (Å²) in [6, 6.07) is 17.0. The van der Waals surface area contributed by atoms with Crippen molar-refractivity contribution in [3.05, 3.63) is 100 Å². The maximum Gasteiger partial charge on any atom is 0.410 e. The van der Waals surface area contributed by atoms with E-state index in [-0.39, 0.29) is 61.2 Å². The van der Waals surface area contributed by atoms with Gasteiger partial charge >= 0.3 is 6.09 Å². The molecular formula is C41H56FN5O8S. The molecule has 306 valence electrons. The number of hydrogen-bond donors (Lipinski definition) is 3. The monoisotopic (exact) mass is 797 g/mol. The molecule has 0 aliphatic carbocycles. The zero-order valence-electron chi connectivity index (χ0n) is 33.5. The van der Waals surface area contributed by atoms with Gasteiger partial charge in [0, 0.05) is 13.1 Å². The number of sulfonamides is 1. The van der Waals surface area contributed by atoms with Gasteiger partial charge in [0.25, 0.3) is 0 Å². The number of amides is 2. The third-order valence-electron chi connectivity index (χ3n) is 8.68. The molecule has 0 spiro atoms. The Kier molecular flexibility index (Phi) is 16.2. The van der Waals surface area contributed by atoms with E-state index in [1.807, 2.05) is 44.2 Å². The molecule has 3 aromatic carbocycles. The van der Waals surface area contributed by atoms with Crippen LogP contribution >= 0.6 is 0 Å². The normalized spacial score (nSPS) is 13.8. The number of hydrogen-bond acceptors (Lipinski definition) is 10. The van der Waals surface area contributed by atoms with Gasteiger partial charge in [0.05, 0.1) is 35.8 Å². The molecule has 0 saturated carbocycles. The molecule has 2 amide bonds. The molecule has 15 heteroatoms. The predicted molar refractivity (Wildman–Crippen MR) is 214 cm³/mol. The van der Waals surface area contributed by atoms with E-state index in [1.54, 1.807) is 47.6 Å². The van der Waals surface area contributed by atoms with Crippen molar-refractivity contribution < 1.29 is 37.0 Å². The number of aldehydes is 1. The maximum atomic E-state index is 15.7. The Labute approximate surface area is 330 Å². The fourth-order valence-corrected chi connectivity index (χ4v) is 7.55. The van der Waals surface area contributed by atoms with Crippen molar-refractivity contribution in [2.45, 2.75) is 104 Å². The standard InChI is InChI=1S/C41H56FN5O8S/c1-28(2)25-47(56(53,54)32-19-17-30(18-20-32)24-43-52)27-35(49)34(23-29-13-10-9-11-14-29)44-38(50)37(40(3,4)5)45-36-31(15-12-16-33(36)42)26-46(21-22-48)39(51)55-41(6,7)8/h9-20,22,28,34-35,37,45,49H,21,23-27H2,1-8H3,(H,44,50)/t34-,35+,37-/m0/s1. The van der Waals surface area contributed by atoms with E-state index in [9.17, 15) is 32.8 Å². The number of nitroso groups, excluding NO2 is 1. The minimum atomic E-state index is -4.14. The van der Waals surface area contributed by atoms with Crippen LogP contribution in [0.1, 0.15) is 72.1 Å². The van der Waals surface area contributed by atoms with Crippen LogP contribution in [0, 0.1) is 22.1 Å². The average molecular weight is 798 g/mol. The van der Waals surface area contributed by atoms with Crippen molar-refractivity contribution in [1.82, 2.24) is 14.5 Å². The molecule has 3 aromatic rings. The highest BCUT2D eigenvalue weighted by Crippen LogP contribution is 2.29. The molecule has 0 fully saturated rings. The van der Waals surface area contributed by atoms with E-state index in [4.69, 9.17) is 4.74 Å². The fraction of sp³-hybridized carbons (Fsp3) is 0.488. The first-order chi connectivity index (χ1) is 26.2. The molecule has 0 saturated heterocycles. The summed E-state index contributed by atoms with van der Waals surface area (Å²) in [5.74, 6) is -1.42. The number of nitrogens with one attached hydrogen (secondary N) is 2. The van der Waals surface area contributed by atoms with Crippen LogP contribution in [0.3, 0.4) is 0 Å². The van der Waals surface area contributed by atoms with Crippen molar-refractivity contribution in [2.75, 3.05) is 25.0 Å². The number of halogens is 1. The van der Waals surface area contributed by atoms with Crippen molar-refractivity contribution in [2.24, 2.45) is 16.5 Å². The molecular weight excluding hydrogens is 742 g/mol. The third kappa shape index (κ3) is 13.5. The number of anilines is 1. The van der Waals surface area contributed by atoms with Crippen LogP contribution in [-0.2, 0) is 43.9 Å². The van der Waals surface area contributed by atoms with Gasteiger partial charge in [-0.05, 0) is 73.4 Å². The van der Waals surface area contributed by atoms with Crippen LogP contribution < -0.4 is 10.6 Å². The van der Waals surface area contributed by atoms with E-state index in [0.717, 1.165) is 10.5 Å². The summed E-state index contributed by atoms with van der Waals surface area (Å²) in [5.41, 5.74) is -0.168. The molecule has 13 nitrogen and oxygen atoms in total. The number of benzene rings is 3. The average Bonchev–Trinajstić information content (AvgIpc) is 3.10. The van der Waals surface area contributed by atoms with Crippen LogP contribution in [-0.4, -0.2) is 84.4 Å². The lowest BCUT2D eigenvalue weighted by Crippen LogP contribution is -2.56. The second-order valence-corrected chi connectivity index (χ2v) is 18.2. The first-order valence-electron chi connectivity index (χ1n) is 18.5. The number of ether oxygens (including phenoxy) is 1. The Balaban J connectivity index is 1.99. The smallest absolute Gasteiger partial charge is 0.410 e. The summed E-state index contributed by atoms with van der Waals surface area (Å²) in [7, 11) is -4.14. The molecule has 0 aromatic heterocycles. The summed E-state index contributed by atoms with van der Waals surface area (Å²) < 4.78 is 50.2. The molecule has 0 unspecified atom stereocenters. The number of aliphatic hydroxyl groups is 1. The van der Waals surface area contributed by atoms with Crippen LogP contribution in [0.25, 0.3) is 0 Å². The highest BCUT2D eigenvalue weighted by Gasteiger charge is 2.37. The Bertz CT molecular complexity index is 1880. The van der Waals surface area contributed by atoms with Crippen LogP contribution in [0.4, 0.5) is 14.9 Å². The number of nitrogens with zero attached hydrogens (tertiary/aromatic N) is 3. The lowest BCUT2D eigenvalue weighted by molar-refractivity contribution is -0.125.